The summed E-state index contributed by atoms with van der Waals surface area (Å²) in [6.45, 7) is 2.65. The molecule has 0 spiro atoms. The molecular formula is C21H24N2O2S2. The second-order valence-corrected chi connectivity index (χ2v) is 9.06. The van der Waals surface area contributed by atoms with E-state index in [0.29, 0.717) is 27.9 Å². The lowest BCUT2D eigenvalue weighted by molar-refractivity contribution is 0.0952. The van der Waals surface area contributed by atoms with Crippen LogP contribution >= 0.6 is 23.5 Å². The summed E-state index contributed by atoms with van der Waals surface area (Å²) in [4.78, 5) is 24.6. The van der Waals surface area contributed by atoms with Crippen molar-refractivity contribution in [2.45, 2.75) is 24.3 Å². The van der Waals surface area contributed by atoms with Crippen molar-refractivity contribution in [2.24, 2.45) is 0 Å². The third-order valence-electron chi connectivity index (χ3n) is 4.19. The number of hydrogen-bond acceptors (Lipinski definition) is 4. The van der Waals surface area contributed by atoms with Gasteiger partial charge in [-0.2, -0.15) is 0 Å². The third kappa shape index (κ3) is 5.53. The summed E-state index contributed by atoms with van der Waals surface area (Å²) < 4.78 is 0.467. The number of hydrogen-bond donors (Lipinski definition) is 2. The molecule has 2 amide bonds. The van der Waals surface area contributed by atoms with Gasteiger partial charge in [0.2, 0.25) is 0 Å². The van der Waals surface area contributed by atoms with E-state index in [1.54, 1.807) is 24.3 Å². The standard InChI is InChI=1S/C21H24N2O2S2/c1-2-11-22-19(24)17-5-3-6-18(14-17)23-20(25)15-7-9-16(10-8-15)21-26-12-4-13-27-21/h3,5-10,14,21H,2,4,11-13H2,1H3,(H,22,24)(H,23,25). The molecule has 0 saturated carbocycles. The first-order valence-electron chi connectivity index (χ1n) is 9.20. The fraction of sp³-hybridized carbons (Fsp3) is 0.333. The fourth-order valence-corrected chi connectivity index (χ4v) is 5.65. The quantitative estimate of drug-likeness (QED) is 0.720. The fourth-order valence-electron chi connectivity index (χ4n) is 2.75. The predicted molar refractivity (Wildman–Crippen MR) is 116 cm³/mol. The molecule has 6 heteroatoms. The van der Waals surface area contributed by atoms with Crippen LogP contribution in [0, 0.1) is 0 Å². The third-order valence-corrected chi connectivity index (χ3v) is 7.21. The smallest absolute Gasteiger partial charge is 0.255 e. The summed E-state index contributed by atoms with van der Waals surface area (Å²) in [6.07, 6.45) is 2.15. The first kappa shape index (κ1) is 19.8. The number of carbonyl (C=O) groups is 2. The maximum atomic E-state index is 12.5. The van der Waals surface area contributed by atoms with Gasteiger partial charge in [0, 0.05) is 23.4 Å². The van der Waals surface area contributed by atoms with Gasteiger partial charge in [-0.1, -0.05) is 25.1 Å². The monoisotopic (exact) mass is 400 g/mol. The second-order valence-electron chi connectivity index (χ2n) is 6.34. The summed E-state index contributed by atoms with van der Waals surface area (Å²) >= 11 is 3.94. The van der Waals surface area contributed by atoms with Gasteiger partial charge in [0.15, 0.2) is 0 Å². The van der Waals surface area contributed by atoms with E-state index in [1.807, 2.05) is 54.7 Å². The van der Waals surface area contributed by atoms with Gasteiger partial charge < -0.3 is 10.6 Å². The molecule has 2 aromatic carbocycles. The number of anilines is 1. The molecule has 1 fully saturated rings. The highest BCUT2D eigenvalue weighted by atomic mass is 32.2. The molecule has 1 heterocycles. The molecule has 0 aromatic heterocycles. The molecule has 0 aliphatic carbocycles. The van der Waals surface area contributed by atoms with E-state index in [1.165, 1.54) is 23.5 Å². The highest BCUT2D eigenvalue weighted by molar-refractivity contribution is 8.16. The molecule has 142 valence electrons. The highest BCUT2D eigenvalue weighted by Crippen LogP contribution is 2.43. The number of rotatable bonds is 6. The maximum absolute atomic E-state index is 12.5. The van der Waals surface area contributed by atoms with Crippen LogP contribution in [0.4, 0.5) is 5.69 Å². The van der Waals surface area contributed by atoms with E-state index in [-0.39, 0.29) is 11.8 Å². The first-order chi connectivity index (χ1) is 13.2. The van der Waals surface area contributed by atoms with Crippen LogP contribution in [-0.2, 0) is 0 Å². The summed E-state index contributed by atoms with van der Waals surface area (Å²) in [7, 11) is 0. The van der Waals surface area contributed by atoms with Crippen molar-refractivity contribution in [3.05, 3.63) is 65.2 Å². The second kappa shape index (κ2) is 9.85. The summed E-state index contributed by atoms with van der Waals surface area (Å²) in [5.74, 6) is 2.10. The van der Waals surface area contributed by atoms with Crippen molar-refractivity contribution in [3.8, 4) is 0 Å². The van der Waals surface area contributed by atoms with Crippen molar-refractivity contribution in [2.75, 3.05) is 23.4 Å². The van der Waals surface area contributed by atoms with E-state index in [4.69, 9.17) is 0 Å². The van der Waals surface area contributed by atoms with Crippen LogP contribution in [0.2, 0.25) is 0 Å². The van der Waals surface area contributed by atoms with Gasteiger partial charge in [-0.3, -0.25) is 9.59 Å². The van der Waals surface area contributed by atoms with Gasteiger partial charge in [-0.25, -0.2) is 0 Å². The van der Waals surface area contributed by atoms with Crippen LogP contribution in [0.5, 0.6) is 0 Å². The van der Waals surface area contributed by atoms with E-state index in [9.17, 15) is 9.59 Å². The van der Waals surface area contributed by atoms with E-state index in [2.05, 4.69) is 10.6 Å². The summed E-state index contributed by atoms with van der Waals surface area (Å²) in [5.41, 5.74) is 3.04. The lowest BCUT2D eigenvalue weighted by atomic mass is 10.1. The Morgan fingerprint density at radius 3 is 2.44 bits per heavy atom. The van der Waals surface area contributed by atoms with Crippen molar-refractivity contribution in [3.63, 3.8) is 0 Å². The molecule has 1 aliphatic heterocycles. The van der Waals surface area contributed by atoms with Crippen molar-refractivity contribution >= 4 is 41.0 Å². The Bertz CT molecular complexity index is 787. The number of nitrogens with one attached hydrogen (secondary N) is 2. The molecular weight excluding hydrogens is 376 g/mol. The molecule has 2 aromatic rings. The zero-order valence-corrected chi connectivity index (χ0v) is 17.0. The van der Waals surface area contributed by atoms with E-state index in [0.717, 1.165) is 6.42 Å². The highest BCUT2D eigenvalue weighted by Gasteiger charge is 2.17. The molecule has 2 N–H and O–H groups in total. The first-order valence-corrected chi connectivity index (χ1v) is 11.3. The lowest BCUT2D eigenvalue weighted by Gasteiger charge is -2.21. The molecule has 0 unspecified atom stereocenters. The van der Waals surface area contributed by atoms with E-state index < -0.39 is 0 Å². The van der Waals surface area contributed by atoms with E-state index >= 15 is 0 Å². The van der Waals surface area contributed by atoms with Crippen LogP contribution in [0.1, 0.15) is 50.6 Å². The molecule has 1 saturated heterocycles. The minimum absolute atomic E-state index is 0.125. The Morgan fingerprint density at radius 1 is 1.00 bits per heavy atom. The minimum atomic E-state index is -0.170. The Balaban J connectivity index is 1.64. The lowest BCUT2D eigenvalue weighted by Crippen LogP contribution is -2.24. The molecule has 1 aliphatic rings. The van der Waals surface area contributed by atoms with Crippen LogP contribution < -0.4 is 10.6 Å². The topological polar surface area (TPSA) is 58.2 Å². The largest absolute Gasteiger partial charge is 0.352 e. The number of thioether (sulfide) groups is 2. The van der Waals surface area contributed by atoms with Gasteiger partial charge in [-0.15, -0.1) is 23.5 Å². The molecule has 4 nitrogen and oxygen atoms in total. The minimum Gasteiger partial charge on any atom is -0.352 e. The average molecular weight is 401 g/mol. The summed E-state index contributed by atoms with van der Waals surface area (Å²) in [6, 6.07) is 14.8. The SMILES string of the molecule is CCCNC(=O)c1cccc(NC(=O)c2ccc(C3SCCCS3)cc2)c1. The van der Waals surface area contributed by atoms with Crippen molar-refractivity contribution in [1.29, 1.82) is 0 Å². The average Bonchev–Trinajstić information content (AvgIpc) is 2.73. The van der Waals surface area contributed by atoms with Gasteiger partial charge in [-0.05, 0) is 60.2 Å². The van der Waals surface area contributed by atoms with Crippen LogP contribution in [0.3, 0.4) is 0 Å². The van der Waals surface area contributed by atoms with Crippen molar-refractivity contribution < 1.29 is 9.59 Å². The maximum Gasteiger partial charge on any atom is 0.255 e. The van der Waals surface area contributed by atoms with Gasteiger partial charge >= 0.3 is 0 Å². The van der Waals surface area contributed by atoms with Gasteiger partial charge in [0.25, 0.3) is 11.8 Å². The molecule has 0 bridgehead atoms. The van der Waals surface area contributed by atoms with Crippen molar-refractivity contribution in [1.82, 2.24) is 5.32 Å². The number of carbonyl (C=O) groups excluding carboxylic acids is 2. The number of benzene rings is 2. The molecule has 0 atom stereocenters. The Morgan fingerprint density at radius 2 is 1.74 bits per heavy atom. The Kier molecular flexibility index (Phi) is 7.24. The van der Waals surface area contributed by atoms with Crippen LogP contribution in [-0.4, -0.2) is 29.9 Å². The predicted octanol–water partition coefficient (Wildman–Crippen LogP) is 4.95. The summed E-state index contributed by atoms with van der Waals surface area (Å²) in [5, 5.41) is 5.72. The molecule has 3 rings (SSSR count). The van der Waals surface area contributed by atoms with Gasteiger partial charge in [0.05, 0.1) is 4.58 Å². The van der Waals surface area contributed by atoms with Crippen LogP contribution in [0.15, 0.2) is 48.5 Å². The normalized spacial score (nSPS) is 14.6. The Labute approximate surface area is 168 Å². The molecule has 27 heavy (non-hydrogen) atoms. The zero-order valence-electron chi connectivity index (χ0n) is 15.4. The Hall–Kier alpha value is -1.92. The zero-order chi connectivity index (χ0) is 19.1. The molecule has 0 radical (unpaired) electrons. The van der Waals surface area contributed by atoms with Gasteiger partial charge in [0.1, 0.15) is 0 Å². The van der Waals surface area contributed by atoms with Crippen LogP contribution in [0.25, 0.3) is 0 Å². The number of amides is 2.